The number of aromatic nitrogens is 2. The number of nitrogens with one attached hydrogen (secondary N) is 1. The summed E-state index contributed by atoms with van der Waals surface area (Å²) in [4.78, 5) is 23.0. The van der Waals surface area contributed by atoms with E-state index in [2.05, 4.69) is 0 Å². The van der Waals surface area contributed by atoms with Gasteiger partial charge in [0, 0.05) is 18.8 Å². The first-order valence-electron chi connectivity index (χ1n) is 6.40. The molecule has 2 rings (SSSR count). The Kier molecular flexibility index (Phi) is 3.80. The SMILES string of the molecule is CCn1c(=O)n(CC)c2cc(NC(=O)C(F)(F)F)ccc21. The van der Waals surface area contributed by atoms with Crippen LogP contribution in [0, 0.1) is 0 Å². The lowest BCUT2D eigenvalue weighted by Gasteiger charge is -2.08. The van der Waals surface area contributed by atoms with Crippen molar-refractivity contribution in [1.29, 1.82) is 0 Å². The van der Waals surface area contributed by atoms with Gasteiger partial charge in [-0.2, -0.15) is 13.2 Å². The Hall–Kier alpha value is -2.25. The van der Waals surface area contributed by atoms with Gasteiger partial charge in [0.25, 0.3) is 0 Å². The highest BCUT2D eigenvalue weighted by molar-refractivity contribution is 5.96. The Bertz CT molecular complexity index is 743. The fraction of sp³-hybridized carbons (Fsp3) is 0.385. The molecule has 5 nitrogen and oxygen atoms in total. The molecule has 0 unspecified atom stereocenters. The summed E-state index contributed by atoms with van der Waals surface area (Å²) in [6.07, 6.45) is -4.95. The van der Waals surface area contributed by atoms with Crippen molar-refractivity contribution in [2.24, 2.45) is 0 Å². The highest BCUT2D eigenvalue weighted by Gasteiger charge is 2.38. The molecule has 1 aromatic heterocycles. The second kappa shape index (κ2) is 5.27. The number of fused-ring (bicyclic) bond motifs is 1. The largest absolute Gasteiger partial charge is 0.471 e. The summed E-state index contributed by atoms with van der Waals surface area (Å²) in [6.45, 7) is 4.41. The molecule has 0 atom stereocenters. The van der Waals surface area contributed by atoms with Gasteiger partial charge >= 0.3 is 17.8 Å². The molecule has 114 valence electrons. The summed E-state index contributed by atoms with van der Waals surface area (Å²) >= 11 is 0. The summed E-state index contributed by atoms with van der Waals surface area (Å²) in [5.41, 5.74) is 0.883. The van der Waals surface area contributed by atoms with Crippen LogP contribution in [0.25, 0.3) is 11.0 Å². The van der Waals surface area contributed by atoms with Crippen LogP contribution >= 0.6 is 0 Å². The third kappa shape index (κ3) is 2.65. The number of hydrogen-bond acceptors (Lipinski definition) is 2. The lowest BCUT2D eigenvalue weighted by atomic mass is 10.2. The van der Waals surface area contributed by atoms with E-state index in [4.69, 9.17) is 0 Å². The molecule has 1 amide bonds. The second-order valence-electron chi connectivity index (χ2n) is 4.43. The molecule has 0 radical (unpaired) electrons. The van der Waals surface area contributed by atoms with E-state index in [1.54, 1.807) is 19.2 Å². The van der Waals surface area contributed by atoms with E-state index in [1.807, 2.05) is 0 Å². The molecule has 0 aliphatic carbocycles. The first kappa shape index (κ1) is 15.1. The quantitative estimate of drug-likeness (QED) is 0.946. The van der Waals surface area contributed by atoms with Crippen molar-refractivity contribution in [3.8, 4) is 0 Å². The van der Waals surface area contributed by atoms with Crippen LogP contribution in [0.1, 0.15) is 13.8 Å². The van der Waals surface area contributed by atoms with E-state index in [1.165, 1.54) is 27.3 Å². The summed E-state index contributed by atoms with van der Waals surface area (Å²) in [6, 6.07) is 4.24. The highest BCUT2D eigenvalue weighted by Crippen LogP contribution is 2.22. The molecule has 2 aromatic rings. The number of carbonyl (C=O) groups excluding carboxylic acids is 1. The third-order valence-electron chi connectivity index (χ3n) is 3.17. The number of amides is 1. The van der Waals surface area contributed by atoms with Gasteiger partial charge < -0.3 is 5.32 Å². The smallest absolute Gasteiger partial charge is 0.318 e. The van der Waals surface area contributed by atoms with Crippen LogP contribution in [0.5, 0.6) is 0 Å². The average Bonchev–Trinajstić information content (AvgIpc) is 2.67. The van der Waals surface area contributed by atoms with Crippen LogP contribution in [0.15, 0.2) is 23.0 Å². The Labute approximate surface area is 118 Å². The van der Waals surface area contributed by atoms with E-state index in [9.17, 15) is 22.8 Å². The summed E-state index contributed by atoms with van der Waals surface area (Å²) < 4.78 is 39.7. The van der Waals surface area contributed by atoms with Gasteiger partial charge in [-0.25, -0.2) is 4.79 Å². The number of aryl methyl sites for hydroxylation is 2. The standard InChI is InChI=1S/C13H14F3N3O2/c1-3-18-9-6-5-8(17-11(20)13(14,15)16)7-10(9)19(4-2)12(18)21/h5-7H,3-4H2,1-2H3,(H,17,20). The van der Waals surface area contributed by atoms with Crippen LogP contribution in [-0.2, 0) is 17.9 Å². The summed E-state index contributed by atoms with van der Waals surface area (Å²) in [5.74, 6) is -2.04. The average molecular weight is 301 g/mol. The number of anilines is 1. The molecular weight excluding hydrogens is 287 g/mol. The van der Waals surface area contributed by atoms with Gasteiger partial charge in [-0.3, -0.25) is 13.9 Å². The van der Waals surface area contributed by atoms with Crippen LogP contribution in [-0.4, -0.2) is 21.2 Å². The van der Waals surface area contributed by atoms with Crippen LogP contribution in [0.2, 0.25) is 0 Å². The zero-order chi connectivity index (χ0) is 15.8. The minimum absolute atomic E-state index is 0.000257. The monoisotopic (exact) mass is 301 g/mol. The maximum atomic E-state index is 12.2. The van der Waals surface area contributed by atoms with E-state index in [0.29, 0.717) is 24.1 Å². The zero-order valence-corrected chi connectivity index (χ0v) is 11.5. The maximum Gasteiger partial charge on any atom is 0.471 e. The number of carbonyl (C=O) groups is 1. The fourth-order valence-corrected chi connectivity index (χ4v) is 2.21. The number of alkyl halides is 3. The van der Waals surface area contributed by atoms with Crippen molar-refractivity contribution in [2.45, 2.75) is 33.1 Å². The zero-order valence-electron chi connectivity index (χ0n) is 11.5. The molecule has 8 heteroatoms. The number of hydrogen-bond donors (Lipinski definition) is 1. The van der Waals surface area contributed by atoms with Crippen molar-refractivity contribution in [1.82, 2.24) is 9.13 Å². The molecule has 1 heterocycles. The number of imidazole rings is 1. The van der Waals surface area contributed by atoms with Gasteiger partial charge in [-0.05, 0) is 32.0 Å². The Morgan fingerprint density at radius 3 is 2.24 bits per heavy atom. The van der Waals surface area contributed by atoms with Gasteiger partial charge in [-0.1, -0.05) is 0 Å². The van der Waals surface area contributed by atoms with E-state index in [-0.39, 0.29) is 11.4 Å². The molecule has 1 aromatic carbocycles. The van der Waals surface area contributed by atoms with Crippen LogP contribution in [0.3, 0.4) is 0 Å². The lowest BCUT2D eigenvalue weighted by Crippen LogP contribution is -2.29. The van der Waals surface area contributed by atoms with Gasteiger partial charge in [-0.15, -0.1) is 0 Å². The minimum atomic E-state index is -4.95. The number of nitrogens with zero attached hydrogens (tertiary/aromatic N) is 2. The Morgan fingerprint density at radius 1 is 1.14 bits per heavy atom. The van der Waals surface area contributed by atoms with Crippen LogP contribution in [0.4, 0.5) is 18.9 Å². The van der Waals surface area contributed by atoms with Crippen LogP contribution < -0.4 is 11.0 Å². The molecule has 0 fully saturated rings. The molecule has 1 N–H and O–H groups in total. The van der Waals surface area contributed by atoms with Crippen molar-refractivity contribution in [3.05, 3.63) is 28.7 Å². The summed E-state index contributed by atoms with van der Waals surface area (Å²) in [5, 5.41) is 1.78. The Balaban J connectivity index is 2.52. The number of rotatable bonds is 3. The fourth-order valence-electron chi connectivity index (χ4n) is 2.21. The highest BCUT2D eigenvalue weighted by atomic mass is 19.4. The molecule has 0 aliphatic rings. The maximum absolute atomic E-state index is 12.2. The van der Waals surface area contributed by atoms with Crippen molar-refractivity contribution in [3.63, 3.8) is 0 Å². The lowest BCUT2D eigenvalue weighted by molar-refractivity contribution is -0.167. The number of benzene rings is 1. The van der Waals surface area contributed by atoms with Crippen molar-refractivity contribution < 1.29 is 18.0 Å². The molecule has 21 heavy (non-hydrogen) atoms. The first-order valence-corrected chi connectivity index (χ1v) is 6.40. The van der Waals surface area contributed by atoms with Crippen molar-refractivity contribution in [2.75, 3.05) is 5.32 Å². The van der Waals surface area contributed by atoms with Gasteiger partial charge in [0.05, 0.1) is 11.0 Å². The molecule has 0 saturated carbocycles. The van der Waals surface area contributed by atoms with Gasteiger partial charge in [0.2, 0.25) is 0 Å². The molecule has 0 aliphatic heterocycles. The second-order valence-corrected chi connectivity index (χ2v) is 4.43. The predicted octanol–water partition coefficient (Wildman–Crippen LogP) is 2.34. The molecule has 0 saturated heterocycles. The summed E-state index contributed by atoms with van der Waals surface area (Å²) in [7, 11) is 0. The normalized spacial score (nSPS) is 11.9. The topological polar surface area (TPSA) is 56.0 Å². The van der Waals surface area contributed by atoms with E-state index < -0.39 is 12.1 Å². The van der Waals surface area contributed by atoms with E-state index in [0.717, 1.165) is 0 Å². The molecule has 0 bridgehead atoms. The third-order valence-corrected chi connectivity index (χ3v) is 3.17. The first-order chi connectivity index (χ1) is 9.79. The minimum Gasteiger partial charge on any atom is -0.318 e. The molecular formula is C13H14F3N3O2. The number of halogens is 3. The van der Waals surface area contributed by atoms with Crippen molar-refractivity contribution >= 4 is 22.6 Å². The van der Waals surface area contributed by atoms with E-state index >= 15 is 0 Å². The molecule has 0 spiro atoms. The van der Waals surface area contributed by atoms with Gasteiger partial charge in [0.1, 0.15) is 0 Å². The van der Waals surface area contributed by atoms with Gasteiger partial charge in [0.15, 0.2) is 0 Å². The predicted molar refractivity (Wildman–Crippen MR) is 72.2 cm³/mol. The Morgan fingerprint density at radius 2 is 1.71 bits per heavy atom.